The van der Waals surface area contributed by atoms with Crippen LogP contribution in [0, 0.1) is 0 Å². The van der Waals surface area contributed by atoms with Crippen LogP contribution < -0.4 is 10.1 Å². The van der Waals surface area contributed by atoms with Crippen molar-refractivity contribution in [3.05, 3.63) is 42.0 Å². The second kappa shape index (κ2) is 11.1. The molecule has 0 spiro atoms. The van der Waals surface area contributed by atoms with Crippen molar-refractivity contribution in [2.45, 2.75) is 83.4 Å². The predicted molar refractivity (Wildman–Crippen MR) is 136 cm³/mol. The van der Waals surface area contributed by atoms with E-state index in [0.717, 1.165) is 12.8 Å². The first-order valence-electron chi connectivity index (χ1n) is 12.4. The molecule has 0 fully saturated rings. The normalized spacial score (nSPS) is 21.6. The Kier molecular flexibility index (Phi) is 8.43. The molecule has 0 bridgehead atoms. The minimum atomic E-state index is -0.722. The maximum atomic E-state index is 13.8. The Morgan fingerprint density at radius 1 is 1.36 bits per heavy atom. The Morgan fingerprint density at radius 2 is 2.11 bits per heavy atom. The zero-order chi connectivity index (χ0) is 26.5. The lowest BCUT2D eigenvalue weighted by atomic mass is 9.84. The van der Waals surface area contributed by atoms with Crippen molar-refractivity contribution in [2.24, 2.45) is 4.99 Å². The van der Waals surface area contributed by atoms with Gasteiger partial charge in [-0.3, -0.25) is 15.0 Å². The molecule has 3 rings (SSSR count). The third-order valence-corrected chi connectivity index (χ3v) is 6.39. The van der Waals surface area contributed by atoms with Crippen LogP contribution in [0.4, 0.5) is 4.79 Å². The monoisotopic (exact) mass is 499 g/mol. The second-order valence-electron chi connectivity index (χ2n) is 10.2. The molecule has 2 unspecified atom stereocenters. The van der Waals surface area contributed by atoms with Gasteiger partial charge in [-0.05, 0) is 64.7 Å². The van der Waals surface area contributed by atoms with Crippen molar-refractivity contribution in [1.82, 2.24) is 10.2 Å². The lowest BCUT2D eigenvalue weighted by Crippen LogP contribution is -2.56. The number of methoxy groups -OCH3 is 1. The fourth-order valence-corrected chi connectivity index (χ4v) is 4.60. The van der Waals surface area contributed by atoms with Crippen molar-refractivity contribution >= 4 is 23.9 Å². The van der Waals surface area contributed by atoms with Crippen molar-refractivity contribution in [1.29, 1.82) is 0 Å². The molecule has 2 heterocycles. The number of allylic oxidation sites excluding steroid dienone is 1. The van der Waals surface area contributed by atoms with Gasteiger partial charge >= 0.3 is 12.1 Å². The summed E-state index contributed by atoms with van der Waals surface area (Å²) < 4.78 is 16.2. The Morgan fingerprint density at radius 3 is 2.75 bits per heavy atom. The average molecular weight is 500 g/mol. The van der Waals surface area contributed by atoms with E-state index in [0.29, 0.717) is 42.7 Å². The number of rotatable bonds is 7. The fourth-order valence-electron chi connectivity index (χ4n) is 4.60. The number of alkyl carbamates (subject to hydrolysis) is 1. The van der Waals surface area contributed by atoms with Crippen LogP contribution in [0.15, 0.2) is 35.8 Å². The van der Waals surface area contributed by atoms with Crippen LogP contribution in [-0.2, 0) is 14.3 Å². The van der Waals surface area contributed by atoms with Gasteiger partial charge in [0.25, 0.3) is 0 Å². The van der Waals surface area contributed by atoms with Gasteiger partial charge in [-0.15, -0.1) is 6.58 Å². The molecule has 0 radical (unpaired) electrons. The topological polar surface area (TPSA) is 107 Å². The molecule has 0 aliphatic carbocycles. The lowest BCUT2D eigenvalue weighted by molar-refractivity contribution is -0.132. The molecule has 2 aliphatic heterocycles. The molecule has 0 saturated heterocycles. The molecule has 9 nitrogen and oxygen atoms in total. The summed E-state index contributed by atoms with van der Waals surface area (Å²) in [6.45, 7) is 11.5. The molecule has 1 aromatic rings. The number of guanidine groups is 1. The van der Waals surface area contributed by atoms with Gasteiger partial charge in [-0.2, -0.15) is 0 Å². The van der Waals surface area contributed by atoms with E-state index in [1.165, 1.54) is 12.0 Å². The average Bonchev–Trinajstić information content (AvgIpc) is 2.82. The van der Waals surface area contributed by atoms with Gasteiger partial charge in [0.05, 0.1) is 37.3 Å². The van der Waals surface area contributed by atoms with Gasteiger partial charge in [-0.25, -0.2) is 14.6 Å². The Balaban J connectivity index is 2.05. The highest BCUT2D eigenvalue weighted by Crippen LogP contribution is 2.41. The van der Waals surface area contributed by atoms with Crippen LogP contribution in [0.1, 0.15) is 88.2 Å². The summed E-state index contributed by atoms with van der Waals surface area (Å²) in [5.74, 6) is 0.0850. The van der Waals surface area contributed by atoms with E-state index in [1.54, 1.807) is 39.0 Å². The summed E-state index contributed by atoms with van der Waals surface area (Å²) in [7, 11) is 1.32. The maximum Gasteiger partial charge on any atom is 0.414 e. The van der Waals surface area contributed by atoms with E-state index in [4.69, 9.17) is 19.2 Å². The van der Waals surface area contributed by atoms with E-state index in [1.807, 2.05) is 13.0 Å². The summed E-state index contributed by atoms with van der Waals surface area (Å²) in [6, 6.07) is 4.52. The highest BCUT2D eigenvalue weighted by Gasteiger charge is 2.44. The zero-order valence-corrected chi connectivity index (χ0v) is 21.9. The number of hydrogen-bond donors (Lipinski definition) is 1. The first-order chi connectivity index (χ1) is 17.0. The number of amides is 2. The summed E-state index contributed by atoms with van der Waals surface area (Å²) in [4.78, 5) is 45.2. The molecule has 0 saturated carbocycles. The van der Waals surface area contributed by atoms with E-state index in [9.17, 15) is 14.4 Å². The molecule has 1 aromatic carbocycles. The summed E-state index contributed by atoms with van der Waals surface area (Å²) in [6.07, 6.45) is 4.81. The predicted octanol–water partition coefficient (Wildman–Crippen LogP) is 4.91. The molecule has 9 heteroatoms. The van der Waals surface area contributed by atoms with E-state index in [2.05, 4.69) is 11.9 Å². The number of fused-ring (bicyclic) bond motifs is 1. The maximum absolute atomic E-state index is 13.8. The number of ether oxygens (including phenoxy) is 3. The van der Waals surface area contributed by atoms with Crippen molar-refractivity contribution in [3.63, 3.8) is 0 Å². The van der Waals surface area contributed by atoms with Crippen LogP contribution >= 0.6 is 0 Å². The Hall–Kier alpha value is -3.36. The van der Waals surface area contributed by atoms with Gasteiger partial charge in [0, 0.05) is 12.0 Å². The van der Waals surface area contributed by atoms with Gasteiger partial charge in [0.2, 0.25) is 11.9 Å². The number of unbranched alkanes of at least 4 members (excludes halogenated alkanes) is 1. The van der Waals surface area contributed by atoms with Crippen molar-refractivity contribution in [2.75, 3.05) is 13.7 Å². The summed E-state index contributed by atoms with van der Waals surface area (Å²) in [5, 5.41) is 2.75. The van der Waals surface area contributed by atoms with Crippen LogP contribution in [-0.4, -0.2) is 53.7 Å². The van der Waals surface area contributed by atoms with Crippen molar-refractivity contribution < 1.29 is 28.6 Å². The number of nitrogens with zero attached hydrogens (tertiary/aromatic N) is 2. The number of benzene rings is 1. The van der Waals surface area contributed by atoms with E-state index < -0.39 is 29.2 Å². The SMILES string of the molecule is C=CCCCC1(CC)CC(=O)N(C2CCOc3ccc(C(=O)OC)cc32)C(NC(=O)OC(C)(C)C)=N1. The Bertz CT molecular complexity index is 1040. The zero-order valence-electron chi connectivity index (χ0n) is 21.9. The van der Waals surface area contributed by atoms with E-state index in [-0.39, 0.29) is 18.3 Å². The lowest BCUT2D eigenvalue weighted by Gasteiger charge is -2.43. The number of carbonyl (C=O) groups excluding carboxylic acids is 3. The first kappa shape index (κ1) is 27.2. The largest absolute Gasteiger partial charge is 0.493 e. The van der Waals surface area contributed by atoms with Gasteiger partial charge in [-0.1, -0.05) is 13.0 Å². The quantitative estimate of drug-likeness (QED) is 0.324. The molecule has 1 N–H and O–H groups in total. The molecule has 196 valence electrons. The third-order valence-electron chi connectivity index (χ3n) is 6.39. The van der Waals surface area contributed by atoms with Gasteiger partial charge in [0.1, 0.15) is 11.4 Å². The van der Waals surface area contributed by atoms with Crippen molar-refractivity contribution in [3.8, 4) is 5.75 Å². The fraction of sp³-hybridized carbons (Fsp3) is 0.556. The second-order valence-corrected chi connectivity index (χ2v) is 10.2. The van der Waals surface area contributed by atoms with Crippen LogP contribution in [0.25, 0.3) is 0 Å². The smallest absolute Gasteiger partial charge is 0.414 e. The standard InChI is InChI=1S/C27H37N3O6/c1-7-9-10-14-27(8-2)17-22(31)30(24(29-27)28-25(33)36-26(3,4)5)20-13-15-35-21-12-11-18(16-19(20)21)23(32)34-6/h7,11-12,16,20H,1,8-10,13-15,17H2,2-6H3,(H,28,29,33). The number of hydrogen-bond acceptors (Lipinski definition) is 7. The minimum Gasteiger partial charge on any atom is -0.493 e. The molecular weight excluding hydrogens is 462 g/mol. The molecular formula is C27H37N3O6. The highest BCUT2D eigenvalue weighted by molar-refractivity contribution is 6.05. The number of nitrogens with one attached hydrogen (secondary N) is 1. The number of aliphatic imine (C=N–C) groups is 1. The molecule has 2 amide bonds. The van der Waals surface area contributed by atoms with Gasteiger partial charge < -0.3 is 14.2 Å². The molecule has 36 heavy (non-hydrogen) atoms. The van der Waals surface area contributed by atoms with Crippen LogP contribution in [0.2, 0.25) is 0 Å². The summed E-state index contributed by atoms with van der Waals surface area (Å²) >= 11 is 0. The molecule has 2 aliphatic rings. The minimum absolute atomic E-state index is 0.155. The highest BCUT2D eigenvalue weighted by atomic mass is 16.6. The summed E-state index contributed by atoms with van der Waals surface area (Å²) in [5.41, 5.74) is -0.349. The molecule has 0 aromatic heterocycles. The van der Waals surface area contributed by atoms with E-state index >= 15 is 0 Å². The number of carbonyl (C=O) groups is 3. The van der Waals surface area contributed by atoms with Crippen LogP contribution in [0.3, 0.4) is 0 Å². The first-order valence-corrected chi connectivity index (χ1v) is 12.4. The Labute approximate surface area is 212 Å². The third kappa shape index (κ3) is 6.25. The van der Waals surface area contributed by atoms with Crippen LogP contribution in [0.5, 0.6) is 5.75 Å². The number of esters is 1. The van der Waals surface area contributed by atoms with Gasteiger partial charge in [0.15, 0.2) is 0 Å². The molecule has 2 atom stereocenters.